The number of carbonyl (C=O) groups is 1. The zero-order valence-electron chi connectivity index (χ0n) is 8.66. The molecular formula is C11H13ClO2S. The van der Waals surface area contributed by atoms with E-state index in [4.69, 9.17) is 16.7 Å². The van der Waals surface area contributed by atoms with E-state index in [1.54, 1.807) is 24.8 Å². The van der Waals surface area contributed by atoms with E-state index in [1.165, 1.54) is 0 Å². The Hall–Kier alpha value is -0.670. The number of hydrogen-bond donors (Lipinski definition) is 1. The summed E-state index contributed by atoms with van der Waals surface area (Å²) in [4.78, 5) is 11.8. The third kappa shape index (κ3) is 3.14. The van der Waals surface area contributed by atoms with Crippen molar-refractivity contribution in [1.82, 2.24) is 0 Å². The number of thioether (sulfide) groups is 1. The highest BCUT2D eigenvalue weighted by Crippen LogP contribution is 2.30. The molecule has 1 N–H and O–H groups in total. The van der Waals surface area contributed by atoms with Gasteiger partial charge in [0.2, 0.25) is 0 Å². The van der Waals surface area contributed by atoms with Crippen LogP contribution in [0.4, 0.5) is 0 Å². The highest BCUT2D eigenvalue weighted by Gasteiger charge is 2.14. The zero-order chi connectivity index (χ0) is 11.4. The Morgan fingerprint density at radius 2 is 2.27 bits per heavy atom. The van der Waals surface area contributed by atoms with Gasteiger partial charge >= 0.3 is 5.97 Å². The van der Waals surface area contributed by atoms with Gasteiger partial charge in [-0.2, -0.15) is 0 Å². The van der Waals surface area contributed by atoms with E-state index in [0.717, 1.165) is 16.2 Å². The maximum atomic E-state index is 10.8. The molecule has 1 atom stereocenters. The molecule has 0 fully saturated rings. The highest BCUT2D eigenvalue weighted by molar-refractivity contribution is 7.99. The van der Waals surface area contributed by atoms with Crippen LogP contribution < -0.4 is 0 Å². The molecule has 1 aromatic rings. The molecule has 0 radical (unpaired) electrons. The predicted octanol–water partition coefficient (Wildman–Crippen LogP) is 3.64. The van der Waals surface area contributed by atoms with Gasteiger partial charge in [-0.3, -0.25) is 4.79 Å². The lowest BCUT2D eigenvalue weighted by molar-refractivity contribution is -0.138. The lowest BCUT2D eigenvalue weighted by atomic mass is 10.0. The molecule has 0 saturated carbocycles. The quantitative estimate of drug-likeness (QED) is 0.822. The average Bonchev–Trinajstić information content (AvgIpc) is 2.20. The molecule has 82 valence electrons. The second kappa shape index (κ2) is 5.42. The molecule has 0 heterocycles. The fourth-order valence-corrected chi connectivity index (χ4v) is 2.23. The number of carboxylic acids is 1. The molecule has 15 heavy (non-hydrogen) atoms. The Morgan fingerprint density at radius 3 is 2.73 bits per heavy atom. The van der Waals surface area contributed by atoms with Gasteiger partial charge in [0.1, 0.15) is 0 Å². The normalized spacial score (nSPS) is 12.5. The van der Waals surface area contributed by atoms with Crippen molar-refractivity contribution in [3.63, 3.8) is 0 Å². The SMILES string of the molecule is CCSc1ccc(C(C)C(=O)O)cc1Cl. The van der Waals surface area contributed by atoms with Gasteiger partial charge in [-0.1, -0.05) is 24.6 Å². The number of benzene rings is 1. The predicted molar refractivity (Wildman–Crippen MR) is 63.9 cm³/mol. The van der Waals surface area contributed by atoms with Crippen LogP contribution in [0.25, 0.3) is 0 Å². The molecule has 4 heteroatoms. The summed E-state index contributed by atoms with van der Waals surface area (Å²) in [6, 6.07) is 5.44. The minimum atomic E-state index is -0.832. The molecule has 0 aliphatic rings. The van der Waals surface area contributed by atoms with Crippen LogP contribution in [0.5, 0.6) is 0 Å². The zero-order valence-corrected chi connectivity index (χ0v) is 10.2. The van der Waals surface area contributed by atoms with E-state index in [9.17, 15) is 4.79 Å². The standard InChI is InChI=1S/C11H13ClO2S/c1-3-15-10-5-4-8(6-9(10)12)7(2)11(13)14/h4-7H,3H2,1-2H3,(H,13,14). The van der Waals surface area contributed by atoms with Gasteiger partial charge < -0.3 is 5.11 Å². The van der Waals surface area contributed by atoms with Crippen LogP contribution in [0.2, 0.25) is 5.02 Å². The molecule has 0 aromatic heterocycles. The van der Waals surface area contributed by atoms with Crippen molar-refractivity contribution in [2.45, 2.75) is 24.7 Å². The van der Waals surface area contributed by atoms with Crippen LogP contribution in [0.3, 0.4) is 0 Å². The third-order valence-electron chi connectivity index (χ3n) is 2.13. The van der Waals surface area contributed by atoms with Crippen LogP contribution in [0.1, 0.15) is 25.3 Å². The molecule has 1 rings (SSSR count). The number of hydrogen-bond acceptors (Lipinski definition) is 2. The second-order valence-electron chi connectivity index (χ2n) is 3.18. The first kappa shape index (κ1) is 12.4. The van der Waals surface area contributed by atoms with Gasteiger partial charge in [0.15, 0.2) is 0 Å². The second-order valence-corrected chi connectivity index (χ2v) is 4.90. The largest absolute Gasteiger partial charge is 0.481 e. The summed E-state index contributed by atoms with van der Waals surface area (Å²) >= 11 is 7.69. The minimum Gasteiger partial charge on any atom is -0.481 e. The summed E-state index contributed by atoms with van der Waals surface area (Å²) in [5.74, 6) is -0.391. The molecule has 0 aliphatic heterocycles. The maximum Gasteiger partial charge on any atom is 0.310 e. The Kier molecular flexibility index (Phi) is 4.48. The maximum absolute atomic E-state index is 10.8. The third-order valence-corrected chi connectivity index (χ3v) is 3.51. The molecule has 2 nitrogen and oxygen atoms in total. The van der Waals surface area contributed by atoms with E-state index in [1.807, 2.05) is 12.1 Å². The van der Waals surface area contributed by atoms with E-state index in [-0.39, 0.29) is 0 Å². The number of carboxylic acid groups (broad SMARTS) is 1. The number of rotatable bonds is 4. The fourth-order valence-electron chi connectivity index (χ4n) is 1.20. The summed E-state index contributed by atoms with van der Waals surface area (Å²) in [5.41, 5.74) is 0.743. The molecule has 0 saturated heterocycles. The Morgan fingerprint density at radius 1 is 1.60 bits per heavy atom. The van der Waals surface area contributed by atoms with Crippen molar-refractivity contribution >= 4 is 29.3 Å². The summed E-state index contributed by atoms with van der Waals surface area (Å²) in [6.07, 6.45) is 0. The molecular weight excluding hydrogens is 232 g/mol. The Labute approximate surface area is 98.6 Å². The molecule has 0 bridgehead atoms. The van der Waals surface area contributed by atoms with Gasteiger partial charge in [-0.05, 0) is 30.4 Å². The highest BCUT2D eigenvalue weighted by atomic mass is 35.5. The average molecular weight is 245 g/mol. The Balaban J connectivity index is 2.95. The fraction of sp³-hybridized carbons (Fsp3) is 0.364. The van der Waals surface area contributed by atoms with Crippen molar-refractivity contribution in [3.05, 3.63) is 28.8 Å². The summed E-state index contributed by atoms with van der Waals surface area (Å²) in [5, 5.41) is 9.48. The van der Waals surface area contributed by atoms with Crippen molar-refractivity contribution in [1.29, 1.82) is 0 Å². The monoisotopic (exact) mass is 244 g/mol. The molecule has 0 amide bonds. The van der Waals surface area contributed by atoms with Crippen LogP contribution >= 0.6 is 23.4 Å². The number of halogens is 1. The summed E-state index contributed by atoms with van der Waals surface area (Å²) in [7, 11) is 0. The van der Waals surface area contributed by atoms with Gasteiger partial charge in [0.05, 0.1) is 10.9 Å². The first-order chi connectivity index (χ1) is 7.06. The van der Waals surface area contributed by atoms with Crippen LogP contribution in [0, 0.1) is 0 Å². The van der Waals surface area contributed by atoms with Crippen LogP contribution in [-0.4, -0.2) is 16.8 Å². The molecule has 0 aliphatic carbocycles. The van der Waals surface area contributed by atoms with Crippen molar-refractivity contribution in [3.8, 4) is 0 Å². The van der Waals surface area contributed by atoms with Crippen molar-refractivity contribution in [2.24, 2.45) is 0 Å². The van der Waals surface area contributed by atoms with E-state index >= 15 is 0 Å². The molecule has 1 aromatic carbocycles. The first-order valence-electron chi connectivity index (χ1n) is 4.71. The first-order valence-corrected chi connectivity index (χ1v) is 6.07. The van der Waals surface area contributed by atoms with Crippen LogP contribution in [-0.2, 0) is 4.79 Å². The van der Waals surface area contributed by atoms with Crippen LogP contribution in [0.15, 0.2) is 23.1 Å². The summed E-state index contributed by atoms with van der Waals surface area (Å²) in [6.45, 7) is 3.70. The van der Waals surface area contributed by atoms with E-state index < -0.39 is 11.9 Å². The van der Waals surface area contributed by atoms with Crippen molar-refractivity contribution in [2.75, 3.05) is 5.75 Å². The van der Waals surface area contributed by atoms with Gasteiger partial charge in [-0.25, -0.2) is 0 Å². The lowest BCUT2D eigenvalue weighted by Gasteiger charge is -2.09. The van der Waals surface area contributed by atoms with Gasteiger partial charge in [0.25, 0.3) is 0 Å². The van der Waals surface area contributed by atoms with E-state index in [0.29, 0.717) is 5.02 Å². The minimum absolute atomic E-state index is 0.511. The number of aliphatic carboxylic acids is 1. The van der Waals surface area contributed by atoms with E-state index in [2.05, 4.69) is 6.92 Å². The molecule has 0 spiro atoms. The topological polar surface area (TPSA) is 37.3 Å². The smallest absolute Gasteiger partial charge is 0.310 e. The molecule has 1 unspecified atom stereocenters. The van der Waals surface area contributed by atoms with Crippen molar-refractivity contribution < 1.29 is 9.90 Å². The van der Waals surface area contributed by atoms with Gasteiger partial charge in [-0.15, -0.1) is 11.8 Å². The Bertz CT molecular complexity index is 366. The lowest BCUT2D eigenvalue weighted by Crippen LogP contribution is -2.07. The van der Waals surface area contributed by atoms with Gasteiger partial charge in [0, 0.05) is 4.90 Å². The summed E-state index contributed by atoms with van der Waals surface area (Å²) < 4.78 is 0.